The third-order valence-electron chi connectivity index (χ3n) is 10.9. The molecule has 2 nitrogen and oxygen atoms in total. The molecule has 2 aromatic rings. The smallest absolute Gasteiger partial charge is 0.0859 e. The van der Waals surface area contributed by atoms with Crippen LogP contribution in [0.1, 0.15) is 80.8 Å². The Balaban J connectivity index is 0.929. The van der Waals surface area contributed by atoms with Crippen LogP contribution in [0.5, 0.6) is 0 Å². The van der Waals surface area contributed by atoms with Crippen molar-refractivity contribution in [2.45, 2.75) is 69.6 Å². The quantitative estimate of drug-likeness (QED) is 0.258. The molecule has 0 aliphatic carbocycles. The molecule has 188 valence electrons. The first-order chi connectivity index (χ1) is 17.2. The summed E-state index contributed by atoms with van der Waals surface area (Å²) in [7, 11) is 0. The minimum absolute atomic E-state index is 0.820. The topological polar surface area (TPSA) is 0 Å². The number of benzene rings is 2. The molecule has 2 unspecified atom stereocenters. The average Bonchev–Trinajstić information content (AvgIpc) is 2.94. The number of hydrogen-bond donors (Lipinski definition) is 0. The van der Waals surface area contributed by atoms with Gasteiger partial charge in [-0.15, -0.1) is 0 Å². The summed E-state index contributed by atoms with van der Waals surface area (Å²) in [5, 5.41) is 0. The molecule has 0 radical (unpaired) electrons. The van der Waals surface area contributed by atoms with Crippen LogP contribution in [0.25, 0.3) is 0 Å². The summed E-state index contributed by atoms with van der Waals surface area (Å²) in [5.74, 6) is 3.54. The van der Waals surface area contributed by atoms with E-state index in [1.165, 1.54) is 119 Å². The Morgan fingerprint density at radius 3 is 1.26 bits per heavy atom. The maximum atomic E-state index is 2.39. The molecule has 6 saturated heterocycles. The van der Waals surface area contributed by atoms with E-state index >= 15 is 0 Å². The van der Waals surface area contributed by atoms with Crippen molar-refractivity contribution in [3.05, 3.63) is 71.8 Å². The van der Waals surface area contributed by atoms with Gasteiger partial charge >= 0.3 is 0 Å². The second kappa shape index (κ2) is 10.4. The summed E-state index contributed by atoms with van der Waals surface area (Å²) in [6.45, 7) is 11.5. The molecule has 0 N–H and O–H groups in total. The molecule has 6 fully saturated rings. The van der Waals surface area contributed by atoms with Gasteiger partial charge in [0, 0.05) is 37.5 Å². The van der Waals surface area contributed by atoms with Crippen LogP contribution in [0.4, 0.5) is 0 Å². The van der Waals surface area contributed by atoms with Gasteiger partial charge in [0.05, 0.1) is 52.4 Å². The number of rotatable bonds is 10. The second-order valence-corrected chi connectivity index (χ2v) is 12.9. The predicted molar refractivity (Wildman–Crippen MR) is 146 cm³/mol. The number of hydrogen-bond acceptors (Lipinski definition) is 0. The monoisotopic (exact) mass is 472 g/mol. The Kier molecular flexibility index (Phi) is 7.04. The van der Waals surface area contributed by atoms with Crippen LogP contribution in [0.3, 0.4) is 0 Å². The van der Waals surface area contributed by atoms with Gasteiger partial charge in [0.15, 0.2) is 0 Å². The molecule has 6 aliphatic heterocycles. The molecule has 2 atom stereocenters. The van der Waals surface area contributed by atoms with Crippen LogP contribution in [0, 0.1) is 11.8 Å². The maximum absolute atomic E-state index is 2.39. The predicted octanol–water partition coefficient (Wildman–Crippen LogP) is 6.99. The average molecular weight is 473 g/mol. The summed E-state index contributed by atoms with van der Waals surface area (Å²) < 4.78 is 2.86. The molecule has 0 aromatic heterocycles. The molecule has 0 amide bonds. The lowest BCUT2D eigenvalue weighted by Gasteiger charge is -2.53. The molecule has 4 bridgehead atoms. The highest BCUT2D eigenvalue weighted by atomic mass is 15.4. The van der Waals surface area contributed by atoms with E-state index in [9.17, 15) is 0 Å². The lowest BCUT2D eigenvalue weighted by molar-refractivity contribution is -0.944. The van der Waals surface area contributed by atoms with E-state index in [4.69, 9.17) is 0 Å². The van der Waals surface area contributed by atoms with Crippen LogP contribution < -0.4 is 0 Å². The molecule has 0 spiro atoms. The second-order valence-electron chi connectivity index (χ2n) is 12.9. The number of piperidine rings is 6. The van der Waals surface area contributed by atoms with Crippen molar-refractivity contribution >= 4 is 0 Å². The van der Waals surface area contributed by atoms with Crippen molar-refractivity contribution in [3.63, 3.8) is 0 Å². The Hall–Kier alpha value is -1.64. The van der Waals surface area contributed by atoms with Crippen molar-refractivity contribution < 1.29 is 8.97 Å². The number of quaternary nitrogens is 2. The number of nitrogens with zero attached hydrogens (tertiary/aromatic N) is 2. The Morgan fingerprint density at radius 1 is 0.486 bits per heavy atom. The van der Waals surface area contributed by atoms with Crippen LogP contribution >= 0.6 is 0 Å². The highest BCUT2D eigenvalue weighted by Gasteiger charge is 2.46. The minimum Gasteiger partial charge on any atom is -0.323 e. The van der Waals surface area contributed by atoms with Crippen molar-refractivity contribution in [2.24, 2.45) is 11.8 Å². The van der Waals surface area contributed by atoms with Gasteiger partial charge < -0.3 is 8.97 Å². The van der Waals surface area contributed by atoms with Crippen molar-refractivity contribution in [1.82, 2.24) is 0 Å². The van der Waals surface area contributed by atoms with E-state index in [1.54, 1.807) is 11.1 Å². The van der Waals surface area contributed by atoms with Crippen molar-refractivity contribution in [3.8, 4) is 0 Å². The Labute approximate surface area is 214 Å². The van der Waals surface area contributed by atoms with E-state index in [1.807, 2.05) is 0 Å². The summed E-state index contributed by atoms with van der Waals surface area (Å²) >= 11 is 0. The SMILES string of the molecule is c1ccc(C2C[N+]3(CCCCCCC[N+]45CCC(CC4)C(c4ccccc4)C5)CCC2CC3)cc1. The molecular formula is C33H48N2+2. The summed E-state index contributed by atoms with van der Waals surface area (Å²) in [4.78, 5) is 0. The molecule has 8 rings (SSSR count). The molecular weight excluding hydrogens is 424 g/mol. The lowest BCUT2D eigenvalue weighted by Crippen LogP contribution is -2.61. The molecule has 0 saturated carbocycles. The first-order valence-corrected chi connectivity index (χ1v) is 15.0. The van der Waals surface area contributed by atoms with Gasteiger partial charge in [-0.1, -0.05) is 67.1 Å². The zero-order valence-electron chi connectivity index (χ0n) is 22.0. The molecule has 2 aromatic carbocycles. The fraction of sp³-hybridized carbons (Fsp3) is 0.636. The van der Waals surface area contributed by atoms with Gasteiger partial charge in [-0.05, 0) is 48.6 Å². The van der Waals surface area contributed by atoms with E-state index in [-0.39, 0.29) is 0 Å². The summed E-state index contributed by atoms with van der Waals surface area (Å²) in [6.07, 6.45) is 13.1. The number of unbranched alkanes of at least 4 members (excludes halogenated alkanes) is 4. The van der Waals surface area contributed by atoms with Gasteiger partial charge in [0.2, 0.25) is 0 Å². The van der Waals surface area contributed by atoms with Gasteiger partial charge in [0.1, 0.15) is 0 Å². The fourth-order valence-electron chi connectivity index (χ4n) is 8.78. The standard InChI is InChI=1S/C33H48N2/c1(2-10-20-34-22-16-30(17-23-34)32(26-34)28-12-6-4-7-13-28)3-11-21-35-24-18-31(19-25-35)33(27-35)29-14-8-5-9-15-29/h4-9,12-15,30-33H,1-3,10-11,16-27H2/q+2. The largest absolute Gasteiger partial charge is 0.323 e. The van der Waals surface area contributed by atoms with Crippen molar-refractivity contribution in [1.29, 1.82) is 0 Å². The van der Waals surface area contributed by atoms with Gasteiger partial charge in [-0.3, -0.25) is 0 Å². The van der Waals surface area contributed by atoms with E-state index in [0.29, 0.717) is 0 Å². The van der Waals surface area contributed by atoms with Crippen LogP contribution in [0.15, 0.2) is 60.7 Å². The first-order valence-electron chi connectivity index (χ1n) is 15.0. The van der Waals surface area contributed by atoms with Gasteiger partial charge in [-0.25, -0.2) is 0 Å². The fourth-order valence-corrected chi connectivity index (χ4v) is 8.78. The van der Waals surface area contributed by atoms with E-state index in [2.05, 4.69) is 60.7 Å². The Bertz CT molecular complexity index is 845. The molecule has 35 heavy (non-hydrogen) atoms. The lowest BCUT2D eigenvalue weighted by atomic mass is 9.73. The highest BCUT2D eigenvalue weighted by molar-refractivity contribution is 5.22. The van der Waals surface area contributed by atoms with Crippen LogP contribution in [-0.4, -0.2) is 61.3 Å². The summed E-state index contributed by atoms with van der Waals surface area (Å²) in [6, 6.07) is 22.9. The third kappa shape index (κ3) is 5.12. The Morgan fingerprint density at radius 2 is 0.857 bits per heavy atom. The molecule has 6 aliphatic rings. The molecule has 2 heteroatoms. The van der Waals surface area contributed by atoms with Crippen LogP contribution in [-0.2, 0) is 0 Å². The normalized spacial score (nSPS) is 35.9. The highest BCUT2D eigenvalue weighted by Crippen LogP contribution is 2.44. The minimum atomic E-state index is 0.820. The zero-order chi connectivity index (χ0) is 23.6. The van der Waals surface area contributed by atoms with Gasteiger partial charge in [-0.2, -0.15) is 0 Å². The first kappa shape index (κ1) is 23.7. The number of fused-ring (bicyclic) bond motifs is 6. The van der Waals surface area contributed by atoms with Crippen molar-refractivity contribution in [2.75, 3.05) is 52.4 Å². The molecule has 6 heterocycles. The van der Waals surface area contributed by atoms with E-state index in [0.717, 1.165) is 23.7 Å². The van der Waals surface area contributed by atoms with Crippen LogP contribution in [0.2, 0.25) is 0 Å². The summed E-state index contributed by atoms with van der Waals surface area (Å²) in [5.41, 5.74) is 3.23. The van der Waals surface area contributed by atoms with E-state index < -0.39 is 0 Å². The zero-order valence-corrected chi connectivity index (χ0v) is 22.0. The third-order valence-corrected chi connectivity index (χ3v) is 10.9. The maximum Gasteiger partial charge on any atom is 0.0859 e. The van der Waals surface area contributed by atoms with Gasteiger partial charge in [0.25, 0.3) is 0 Å².